The number of aromatic nitrogens is 2. The summed E-state index contributed by atoms with van der Waals surface area (Å²) in [6, 6.07) is 15.0. The first-order valence-electron chi connectivity index (χ1n) is 8.71. The van der Waals surface area contributed by atoms with E-state index in [1.54, 1.807) is 42.5 Å². The maximum absolute atomic E-state index is 14.6. The van der Waals surface area contributed by atoms with Gasteiger partial charge in [-0.25, -0.2) is 14.0 Å². The van der Waals surface area contributed by atoms with Gasteiger partial charge in [0.1, 0.15) is 23.3 Å². The normalized spacial score (nSPS) is 12.6. The molecule has 1 unspecified atom stereocenters. The molecule has 3 rings (SSSR count). The first kappa shape index (κ1) is 20.6. The zero-order valence-electron chi connectivity index (χ0n) is 15.7. The van der Waals surface area contributed by atoms with E-state index in [1.165, 1.54) is 19.2 Å². The van der Waals surface area contributed by atoms with Crippen LogP contribution >= 0.6 is 0 Å². The predicted octanol–water partition coefficient (Wildman–Crippen LogP) is 2.56. The highest BCUT2D eigenvalue weighted by molar-refractivity contribution is 7.89. The summed E-state index contributed by atoms with van der Waals surface area (Å²) < 4.78 is 33.8. The van der Waals surface area contributed by atoms with Crippen molar-refractivity contribution in [3.63, 3.8) is 0 Å². The van der Waals surface area contributed by atoms with Gasteiger partial charge in [0.25, 0.3) is 0 Å². The van der Waals surface area contributed by atoms with Gasteiger partial charge in [-0.2, -0.15) is 4.99 Å². The summed E-state index contributed by atoms with van der Waals surface area (Å²) in [5.74, 6) is -0.759. The van der Waals surface area contributed by atoms with E-state index in [1.807, 2.05) is 6.92 Å². The first-order valence-corrected chi connectivity index (χ1v) is 9.82. The smallest absolute Gasteiger partial charge is 0.441 e. The highest BCUT2D eigenvalue weighted by Gasteiger charge is 2.20. The molecule has 0 N–H and O–H groups in total. The largest absolute Gasteiger partial charge is 0.587 e. The Morgan fingerprint density at radius 2 is 1.83 bits per heavy atom. The number of nitrogens with zero attached hydrogens (tertiary/aromatic N) is 3. The second-order valence-corrected chi connectivity index (χ2v) is 7.37. The molecule has 0 saturated carbocycles. The van der Waals surface area contributed by atoms with Gasteiger partial charge in [-0.1, -0.05) is 37.3 Å². The molecule has 0 bridgehead atoms. The fraction of sp³-hybridized carbons (Fsp3) is 0.150. The molecule has 0 saturated heterocycles. The maximum Gasteiger partial charge on any atom is 0.441 e. The Kier molecular flexibility index (Phi) is 6.30. The fourth-order valence-corrected chi connectivity index (χ4v) is 3.56. The number of hydrogen-bond donors (Lipinski definition) is 0. The van der Waals surface area contributed by atoms with Gasteiger partial charge in [-0.15, -0.1) is 3.97 Å². The molecule has 29 heavy (non-hydrogen) atoms. The molecule has 0 radical (unpaired) electrons. The Labute approximate surface area is 169 Å². The molecule has 1 aromatic heterocycles. The fourth-order valence-electron chi connectivity index (χ4n) is 2.52. The van der Waals surface area contributed by atoms with Crippen LogP contribution in [0, 0.1) is 5.82 Å². The van der Waals surface area contributed by atoms with E-state index in [0.29, 0.717) is 4.90 Å². The van der Waals surface area contributed by atoms with Gasteiger partial charge in [-0.05, 0) is 36.2 Å². The molecular formula is C20H18FN3O4S. The number of benzene rings is 2. The van der Waals surface area contributed by atoms with Crippen molar-refractivity contribution in [3.8, 4) is 5.75 Å². The van der Waals surface area contributed by atoms with E-state index in [0.717, 1.165) is 26.7 Å². The lowest BCUT2D eigenvalue weighted by Gasteiger charge is -2.13. The Morgan fingerprint density at radius 3 is 2.45 bits per heavy atom. The van der Waals surface area contributed by atoms with Crippen molar-refractivity contribution in [2.75, 3.05) is 0 Å². The van der Waals surface area contributed by atoms with Crippen molar-refractivity contribution in [2.24, 2.45) is 12.0 Å². The van der Waals surface area contributed by atoms with Gasteiger partial charge in [0, 0.05) is 7.05 Å². The van der Waals surface area contributed by atoms with Crippen LogP contribution in [0.2, 0.25) is 0 Å². The Hall–Kier alpha value is -3.17. The van der Waals surface area contributed by atoms with Crippen LogP contribution in [0.4, 0.5) is 9.18 Å². The number of para-hydroxylation sites is 1. The summed E-state index contributed by atoms with van der Waals surface area (Å²) in [5.41, 5.74) is -0.276. The molecule has 1 atom stereocenters. The molecule has 150 valence electrons. The van der Waals surface area contributed by atoms with E-state index in [2.05, 4.69) is 4.99 Å². The molecule has 2 aromatic carbocycles. The van der Waals surface area contributed by atoms with E-state index in [-0.39, 0.29) is 5.75 Å². The molecule has 1 amide bonds. The predicted molar refractivity (Wildman–Crippen MR) is 105 cm³/mol. The SMILES string of the molecule is CCc1ccc([S+]([O-])n2cc(F)c(=NC(=O)Oc3ccccc3)n(C)c2=O)cc1. The number of rotatable bonds is 4. The lowest BCUT2D eigenvalue weighted by atomic mass is 10.2. The van der Waals surface area contributed by atoms with Gasteiger partial charge < -0.3 is 9.29 Å². The topological polar surface area (TPSA) is 88.6 Å². The molecule has 1 heterocycles. The van der Waals surface area contributed by atoms with Crippen LogP contribution < -0.4 is 15.9 Å². The monoisotopic (exact) mass is 415 g/mol. The van der Waals surface area contributed by atoms with Gasteiger partial charge in [0.15, 0.2) is 16.2 Å². The molecule has 3 aromatic rings. The van der Waals surface area contributed by atoms with Crippen molar-refractivity contribution in [3.05, 3.63) is 88.1 Å². The van der Waals surface area contributed by atoms with Gasteiger partial charge in [0.2, 0.25) is 0 Å². The first-order chi connectivity index (χ1) is 13.9. The molecule has 0 aliphatic rings. The van der Waals surface area contributed by atoms with E-state index in [4.69, 9.17) is 4.74 Å². The third-order valence-electron chi connectivity index (χ3n) is 4.09. The molecular weight excluding hydrogens is 397 g/mol. The summed E-state index contributed by atoms with van der Waals surface area (Å²) >= 11 is -1.96. The number of halogens is 1. The minimum absolute atomic E-state index is 0.231. The Bertz CT molecular complexity index is 1140. The van der Waals surface area contributed by atoms with Crippen LogP contribution in [0.1, 0.15) is 12.5 Å². The van der Waals surface area contributed by atoms with Crippen molar-refractivity contribution in [1.82, 2.24) is 8.54 Å². The van der Waals surface area contributed by atoms with Crippen molar-refractivity contribution >= 4 is 17.5 Å². The minimum atomic E-state index is -1.96. The summed E-state index contributed by atoms with van der Waals surface area (Å²) in [4.78, 5) is 28.4. The lowest BCUT2D eigenvalue weighted by Crippen LogP contribution is -2.43. The summed E-state index contributed by atoms with van der Waals surface area (Å²) in [6.07, 6.45) is 0.492. The lowest BCUT2D eigenvalue weighted by molar-refractivity contribution is 0.209. The molecule has 0 aliphatic heterocycles. The average Bonchev–Trinajstić information content (AvgIpc) is 2.74. The number of ether oxygens (including phenoxy) is 1. The van der Waals surface area contributed by atoms with Crippen molar-refractivity contribution in [1.29, 1.82) is 0 Å². The summed E-state index contributed by atoms with van der Waals surface area (Å²) in [7, 11) is 1.23. The van der Waals surface area contributed by atoms with Crippen LogP contribution in [0.5, 0.6) is 5.75 Å². The molecule has 0 fully saturated rings. The minimum Gasteiger partial charge on any atom is -0.587 e. The average molecular weight is 415 g/mol. The molecule has 7 nitrogen and oxygen atoms in total. The number of amides is 1. The highest BCUT2D eigenvalue weighted by Crippen LogP contribution is 2.13. The number of carbonyl (C=O) groups is 1. The van der Waals surface area contributed by atoms with Crippen LogP contribution in [0.3, 0.4) is 0 Å². The zero-order chi connectivity index (χ0) is 21.0. The molecule has 0 spiro atoms. The van der Waals surface area contributed by atoms with Crippen molar-refractivity contribution < 1.29 is 18.5 Å². The number of aryl methyl sites for hydroxylation is 1. The Balaban J connectivity index is 1.95. The van der Waals surface area contributed by atoms with Crippen molar-refractivity contribution in [2.45, 2.75) is 18.2 Å². The van der Waals surface area contributed by atoms with Crippen LogP contribution in [0.25, 0.3) is 0 Å². The zero-order valence-corrected chi connectivity index (χ0v) is 16.6. The second kappa shape index (κ2) is 8.89. The van der Waals surface area contributed by atoms with Crippen LogP contribution in [0.15, 0.2) is 75.5 Å². The van der Waals surface area contributed by atoms with Crippen LogP contribution in [-0.4, -0.2) is 19.2 Å². The van der Waals surface area contributed by atoms with Gasteiger partial charge in [-0.3, -0.25) is 4.57 Å². The van der Waals surface area contributed by atoms with E-state index >= 15 is 0 Å². The second-order valence-electron chi connectivity index (χ2n) is 6.01. The molecule has 0 aliphatic carbocycles. The van der Waals surface area contributed by atoms with Crippen LogP contribution in [-0.2, 0) is 24.8 Å². The van der Waals surface area contributed by atoms with Gasteiger partial charge in [0.05, 0.1) is 0 Å². The third-order valence-corrected chi connectivity index (χ3v) is 5.39. The number of hydrogen-bond acceptors (Lipinski definition) is 4. The van der Waals surface area contributed by atoms with Gasteiger partial charge >= 0.3 is 11.8 Å². The third kappa shape index (κ3) is 4.64. The maximum atomic E-state index is 14.6. The Morgan fingerprint density at radius 1 is 1.17 bits per heavy atom. The quantitative estimate of drug-likeness (QED) is 0.613. The summed E-state index contributed by atoms with van der Waals surface area (Å²) in [6.45, 7) is 1.98. The standard InChI is InChI=1S/C20H18FN3O4S/c1-3-14-9-11-16(12-10-14)29(27)24-13-17(21)18(23(2)20(24)26)22-19(25)28-15-7-5-4-6-8-15/h4-13H,3H2,1-2H3. The van der Waals surface area contributed by atoms with E-state index in [9.17, 15) is 18.5 Å². The molecule has 9 heteroatoms. The highest BCUT2D eigenvalue weighted by atomic mass is 32.2. The van der Waals surface area contributed by atoms with E-state index < -0.39 is 34.4 Å². The summed E-state index contributed by atoms with van der Waals surface area (Å²) in [5, 5.41) is 0. The number of carbonyl (C=O) groups excluding carboxylic acids is 1.